The van der Waals surface area contributed by atoms with E-state index in [0.717, 1.165) is 5.56 Å². The number of ketones is 1. The first-order chi connectivity index (χ1) is 18.4. The van der Waals surface area contributed by atoms with E-state index in [4.69, 9.17) is 23.2 Å². The first kappa shape index (κ1) is 26.9. The summed E-state index contributed by atoms with van der Waals surface area (Å²) in [6.07, 6.45) is 1.40. The minimum absolute atomic E-state index is 0.0718. The van der Waals surface area contributed by atoms with Crippen LogP contribution in [0.25, 0.3) is 5.69 Å². The number of hydrogen-bond acceptors (Lipinski definition) is 5. The summed E-state index contributed by atoms with van der Waals surface area (Å²) in [6.45, 7) is 2.92. The first-order valence-electron chi connectivity index (χ1n) is 12.1. The molecule has 0 spiro atoms. The van der Waals surface area contributed by atoms with Gasteiger partial charge in [0.05, 0.1) is 5.69 Å². The Balaban J connectivity index is 1.48. The molecule has 1 aromatic heterocycles. The van der Waals surface area contributed by atoms with Crippen LogP contribution in [-0.4, -0.2) is 34.6 Å². The number of anilines is 1. The van der Waals surface area contributed by atoms with Gasteiger partial charge in [0.25, 0.3) is 5.91 Å². The fraction of sp³-hybridized carbons (Fsp3) is 0.172. The van der Waals surface area contributed by atoms with E-state index in [1.54, 1.807) is 65.3 Å². The number of aryl methyl sites for hydroxylation is 1. The third-order valence-corrected chi connectivity index (χ3v) is 6.35. The maximum Gasteiger partial charge on any atom is 0.251 e. The fourth-order valence-electron chi connectivity index (χ4n) is 3.85. The van der Waals surface area contributed by atoms with Gasteiger partial charge in [-0.2, -0.15) is 10.4 Å². The molecule has 1 amide bonds. The second-order valence-electron chi connectivity index (χ2n) is 8.67. The SMILES string of the molecule is Cc1ccc(C(=O)c2nn(-c3ccc(Cl)cc3)c(NCCCCNC(=O)c3cccc(Cl)c3)c2C#N)cc1. The highest BCUT2D eigenvalue weighted by atomic mass is 35.5. The van der Waals surface area contributed by atoms with Crippen molar-refractivity contribution < 1.29 is 9.59 Å². The number of hydrogen-bond donors (Lipinski definition) is 2. The second kappa shape index (κ2) is 12.4. The van der Waals surface area contributed by atoms with Gasteiger partial charge in [-0.3, -0.25) is 9.59 Å². The van der Waals surface area contributed by atoms with Crippen molar-refractivity contribution in [2.75, 3.05) is 18.4 Å². The number of rotatable bonds is 10. The number of nitrogens with one attached hydrogen (secondary N) is 2. The molecule has 2 N–H and O–H groups in total. The maximum absolute atomic E-state index is 13.3. The third-order valence-electron chi connectivity index (χ3n) is 5.87. The lowest BCUT2D eigenvalue weighted by molar-refractivity contribution is 0.0952. The average Bonchev–Trinajstić information content (AvgIpc) is 3.29. The van der Waals surface area contributed by atoms with Gasteiger partial charge in [0.15, 0.2) is 5.69 Å². The number of aromatic nitrogens is 2. The van der Waals surface area contributed by atoms with Crippen molar-refractivity contribution in [1.82, 2.24) is 15.1 Å². The van der Waals surface area contributed by atoms with E-state index < -0.39 is 0 Å². The highest BCUT2D eigenvalue weighted by Gasteiger charge is 2.25. The number of amides is 1. The van der Waals surface area contributed by atoms with Crippen LogP contribution in [0.4, 0.5) is 5.82 Å². The number of nitriles is 1. The number of benzene rings is 3. The second-order valence-corrected chi connectivity index (χ2v) is 9.54. The van der Waals surface area contributed by atoms with Crippen LogP contribution in [0.2, 0.25) is 10.0 Å². The molecule has 4 rings (SSSR count). The van der Waals surface area contributed by atoms with E-state index >= 15 is 0 Å². The van der Waals surface area contributed by atoms with Crippen molar-refractivity contribution in [3.05, 3.63) is 111 Å². The molecule has 0 unspecified atom stereocenters. The molecule has 0 bridgehead atoms. The molecule has 0 saturated heterocycles. The molecule has 0 aliphatic heterocycles. The van der Waals surface area contributed by atoms with Crippen LogP contribution in [0.1, 0.15) is 50.4 Å². The predicted molar refractivity (Wildman–Crippen MR) is 149 cm³/mol. The van der Waals surface area contributed by atoms with Crippen molar-refractivity contribution >= 4 is 40.7 Å². The molecule has 0 atom stereocenters. The molecule has 3 aromatic carbocycles. The van der Waals surface area contributed by atoms with Crippen molar-refractivity contribution in [3.8, 4) is 11.8 Å². The molecule has 0 fully saturated rings. The van der Waals surface area contributed by atoms with Crippen molar-refractivity contribution in [3.63, 3.8) is 0 Å². The zero-order valence-corrected chi connectivity index (χ0v) is 22.2. The lowest BCUT2D eigenvalue weighted by Crippen LogP contribution is -2.24. The van der Waals surface area contributed by atoms with Crippen LogP contribution >= 0.6 is 23.2 Å². The molecule has 0 aliphatic rings. The largest absolute Gasteiger partial charge is 0.369 e. The maximum atomic E-state index is 13.3. The molecule has 0 aliphatic carbocycles. The Hall–Kier alpha value is -4.12. The number of carbonyl (C=O) groups is 2. The molecule has 0 saturated carbocycles. The molecular formula is C29H25Cl2N5O2. The van der Waals surface area contributed by atoms with Crippen LogP contribution < -0.4 is 10.6 Å². The summed E-state index contributed by atoms with van der Waals surface area (Å²) in [4.78, 5) is 25.6. The normalized spacial score (nSPS) is 10.6. The molecule has 0 radical (unpaired) electrons. The Labute approximate surface area is 231 Å². The van der Waals surface area contributed by atoms with E-state index in [9.17, 15) is 14.9 Å². The summed E-state index contributed by atoms with van der Waals surface area (Å²) >= 11 is 12.0. The van der Waals surface area contributed by atoms with Gasteiger partial charge in [-0.15, -0.1) is 0 Å². The molecule has 38 heavy (non-hydrogen) atoms. The molecule has 192 valence electrons. The van der Waals surface area contributed by atoms with E-state index in [-0.39, 0.29) is 22.9 Å². The quantitative estimate of drug-likeness (QED) is 0.182. The lowest BCUT2D eigenvalue weighted by atomic mass is 10.0. The van der Waals surface area contributed by atoms with Crippen molar-refractivity contribution in [1.29, 1.82) is 5.26 Å². The average molecular weight is 546 g/mol. The van der Waals surface area contributed by atoms with Crippen molar-refractivity contribution in [2.24, 2.45) is 0 Å². The Morgan fingerprint density at radius 2 is 1.63 bits per heavy atom. The van der Waals surface area contributed by atoms with Crippen LogP contribution in [0.15, 0.2) is 72.8 Å². The van der Waals surface area contributed by atoms with Crippen LogP contribution in [0, 0.1) is 18.3 Å². The standard InChI is InChI=1S/C29H25Cl2N5O2/c1-19-7-9-20(10-8-19)27(37)26-25(18-32)28(36(35-26)24-13-11-22(30)12-14-24)33-15-2-3-16-34-29(38)21-5-4-6-23(31)17-21/h4-14,17,33H,2-3,15-16H2,1H3,(H,34,38). The zero-order valence-electron chi connectivity index (χ0n) is 20.7. The van der Waals surface area contributed by atoms with E-state index in [1.807, 2.05) is 19.1 Å². The van der Waals surface area contributed by atoms with Gasteiger partial charge in [0.1, 0.15) is 17.5 Å². The van der Waals surface area contributed by atoms with E-state index in [0.29, 0.717) is 58.6 Å². The van der Waals surface area contributed by atoms with Gasteiger partial charge in [-0.25, -0.2) is 4.68 Å². The number of unbranched alkanes of at least 4 members (excludes halogenated alkanes) is 1. The number of nitrogens with zero attached hydrogens (tertiary/aromatic N) is 3. The Bertz CT molecular complexity index is 1490. The molecule has 7 nitrogen and oxygen atoms in total. The third kappa shape index (κ3) is 6.41. The smallest absolute Gasteiger partial charge is 0.251 e. The van der Waals surface area contributed by atoms with Crippen LogP contribution in [0.3, 0.4) is 0 Å². The van der Waals surface area contributed by atoms with Gasteiger partial charge in [0, 0.05) is 34.3 Å². The van der Waals surface area contributed by atoms with Gasteiger partial charge >= 0.3 is 0 Å². The molecular weight excluding hydrogens is 521 g/mol. The summed E-state index contributed by atoms with van der Waals surface area (Å²) in [5.74, 6) is -0.0958. The first-order valence-corrected chi connectivity index (χ1v) is 12.8. The van der Waals surface area contributed by atoms with E-state index in [2.05, 4.69) is 21.8 Å². The Morgan fingerprint density at radius 1 is 0.921 bits per heavy atom. The number of carbonyl (C=O) groups excluding carboxylic acids is 2. The van der Waals surface area contributed by atoms with Gasteiger partial charge < -0.3 is 10.6 Å². The van der Waals surface area contributed by atoms with E-state index in [1.165, 1.54) is 0 Å². The van der Waals surface area contributed by atoms with Crippen LogP contribution in [0.5, 0.6) is 0 Å². The van der Waals surface area contributed by atoms with Gasteiger partial charge in [-0.1, -0.05) is 59.1 Å². The predicted octanol–water partition coefficient (Wildman–Crippen LogP) is 6.21. The highest BCUT2D eigenvalue weighted by molar-refractivity contribution is 6.31. The summed E-state index contributed by atoms with van der Waals surface area (Å²) in [7, 11) is 0. The molecule has 1 heterocycles. The fourth-order valence-corrected chi connectivity index (χ4v) is 4.16. The Kier molecular flexibility index (Phi) is 8.80. The van der Waals surface area contributed by atoms with Gasteiger partial charge in [0.2, 0.25) is 5.78 Å². The number of halogens is 2. The summed E-state index contributed by atoms with van der Waals surface area (Å²) in [6, 6.07) is 23.1. The molecule has 9 heteroatoms. The van der Waals surface area contributed by atoms with Crippen LogP contribution in [-0.2, 0) is 0 Å². The summed E-state index contributed by atoms with van der Waals surface area (Å²) < 4.78 is 1.55. The summed E-state index contributed by atoms with van der Waals surface area (Å²) in [5, 5.41) is 21.7. The Morgan fingerprint density at radius 3 is 2.32 bits per heavy atom. The summed E-state index contributed by atoms with van der Waals surface area (Å²) in [5.41, 5.74) is 2.88. The van der Waals surface area contributed by atoms with Crippen molar-refractivity contribution in [2.45, 2.75) is 19.8 Å². The lowest BCUT2D eigenvalue weighted by Gasteiger charge is -2.11. The minimum Gasteiger partial charge on any atom is -0.369 e. The molecule has 4 aromatic rings. The zero-order chi connectivity index (χ0) is 27.1. The van der Waals surface area contributed by atoms with Gasteiger partial charge in [-0.05, 0) is 62.2 Å². The topological polar surface area (TPSA) is 99.8 Å². The minimum atomic E-state index is -0.332. The monoisotopic (exact) mass is 545 g/mol. The highest BCUT2D eigenvalue weighted by Crippen LogP contribution is 2.26.